The summed E-state index contributed by atoms with van der Waals surface area (Å²) in [6.45, 7) is 5.93. The minimum Gasteiger partial charge on any atom is -0.383 e. The summed E-state index contributed by atoms with van der Waals surface area (Å²) >= 11 is 0. The quantitative estimate of drug-likeness (QED) is 0.628. The molecule has 1 rings (SSSR count). The number of hydrogen-bond donors (Lipinski definition) is 2. The van der Waals surface area contributed by atoms with E-state index in [9.17, 15) is 4.79 Å². The molecule has 1 heterocycles. The van der Waals surface area contributed by atoms with Crippen molar-refractivity contribution in [1.82, 2.24) is 15.5 Å². The van der Waals surface area contributed by atoms with E-state index in [0.717, 1.165) is 13.1 Å². The molecule has 1 fully saturated rings. The molecule has 100 valence electrons. The molecule has 1 saturated heterocycles. The first-order chi connectivity index (χ1) is 8.15. The fourth-order valence-electron chi connectivity index (χ4n) is 2.26. The molecule has 0 aromatic carbocycles. The zero-order valence-corrected chi connectivity index (χ0v) is 11.2. The molecular weight excluding hydrogens is 218 g/mol. The Morgan fingerprint density at radius 2 is 2.35 bits per heavy atom. The van der Waals surface area contributed by atoms with Crippen molar-refractivity contribution in [3.05, 3.63) is 0 Å². The highest BCUT2D eigenvalue weighted by molar-refractivity contribution is 5.77. The number of likely N-dealkylation sites (N-methyl/N-ethyl adjacent to an activating group) is 1. The molecule has 2 atom stereocenters. The summed E-state index contributed by atoms with van der Waals surface area (Å²) in [6, 6.07) is 0.455. The van der Waals surface area contributed by atoms with Crippen LogP contribution in [0.5, 0.6) is 0 Å². The van der Waals surface area contributed by atoms with Gasteiger partial charge in [-0.15, -0.1) is 0 Å². The van der Waals surface area contributed by atoms with Gasteiger partial charge in [0.1, 0.15) is 0 Å². The number of amides is 1. The maximum absolute atomic E-state index is 11.6. The van der Waals surface area contributed by atoms with Crippen LogP contribution in [0.4, 0.5) is 0 Å². The molecule has 5 heteroatoms. The molecule has 5 nitrogen and oxygen atoms in total. The van der Waals surface area contributed by atoms with Gasteiger partial charge in [0.15, 0.2) is 0 Å². The van der Waals surface area contributed by atoms with Gasteiger partial charge in [0, 0.05) is 26.2 Å². The fraction of sp³-hybridized carbons (Fsp3) is 0.917. The number of rotatable bonds is 6. The molecule has 0 aliphatic carbocycles. The summed E-state index contributed by atoms with van der Waals surface area (Å²) in [6.07, 6.45) is 1.18. The normalized spacial score (nSPS) is 24.9. The van der Waals surface area contributed by atoms with Crippen molar-refractivity contribution in [2.24, 2.45) is 5.92 Å². The summed E-state index contributed by atoms with van der Waals surface area (Å²) < 4.78 is 4.89. The van der Waals surface area contributed by atoms with Crippen molar-refractivity contribution in [3.63, 3.8) is 0 Å². The van der Waals surface area contributed by atoms with Gasteiger partial charge in [0.25, 0.3) is 0 Å². The predicted molar refractivity (Wildman–Crippen MR) is 68.0 cm³/mol. The predicted octanol–water partition coefficient (Wildman–Crippen LogP) is -0.321. The first-order valence-electron chi connectivity index (χ1n) is 6.31. The molecule has 1 amide bonds. The summed E-state index contributed by atoms with van der Waals surface area (Å²) in [5, 5.41) is 6.22. The van der Waals surface area contributed by atoms with Gasteiger partial charge in [-0.2, -0.15) is 0 Å². The van der Waals surface area contributed by atoms with E-state index in [1.54, 1.807) is 7.11 Å². The highest BCUT2D eigenvalue weighted by atomic mass is 16.5. The Kier molecular flexibility index (Phi) is 6.47. The zero-order valence-electron chi connectivity index (χ0n) is 11.2. The van der Waals surface area contributed by atoms with Crippen LogP contribution < -0.4 is 10.6 Å². The van der Waals surface area contributed by atoms with Gasteiger partial charge in [0.05, 0.1) is 13.2 Å². The highest BCUT2D eigenvalue weighted by Crippen LogP contribution is 2.15. The van der Waals surface area contributed by atoms with Crippen LogP contribution in [0, 0.1) is 5.92 Å². The smallest absolute Gasteiger partial charge is 0.234 e. The lowest BCUT2D eigenvalue weighted by molar-refractivity contribution is -0.122. The first-order valence-corrected chi connectivity index (χ1v) is 6.31. The molecule has 2 N–H and O–H groups in total. The zero-order chi connectivity index (χ0) is 12.7. The molecule has 1 aliphatic heterocycles. The van der Waals surface area contributed by atoms with Gasteiger partial charge in [-0.1, -0.05) is 6.92 Å². The fourth-order valence-corrected chi connectivity index (χ4v) is 2.26. The Labute approximate surface area is 104 Å². The second kappa shape index (κ2) is 7.63. The van der Waals surface area contributed by atoms with E-state index in [1.165, 1.54) is 6.42 Å². The van der Waals surface area contributed by atoms with Crippen molar-refractivity contribution in [1.29, 1.82) is 0 Å². The van der Waals surface area contributed by atoms with Crippen LogP contribution in [0.3, 0.4) is 0 Å². The van der Waals surface area contributed by atoms with E-state index < -0.39 is 0 Å². The summed E-state index contributed by atoms with van der Waals surface area (Å²) in [5.74, 6) is 0.718. The van der Waals surface area contributed by atoms with E-state index in [2.05, 4.69) is 22.5 Å². The molecule has 0 bridgehead atoms. The molecular formula is C12H25N3O2. The largest absolute Gasteiger partial charge is 0.383 e. The number of nitrogens with one attached hydrogen (secondary N) is 2. The number of methoxy groups -OCH3 is 1. The topological polar surface area (TPSA) is 53.6 Å². The Bertz CT molecular complexity index is 236. The van der Waals surface area contributed by atoms with Crippen LogP contribution in [0.2, 0.25) is 0 Å². The molecule has 0 saturated carbocycles. The van der Waals surface area contributed by atoms with Crippen LogP contribution in [0.15, 0.2) is 0 Å². The van der Waals surface area contributed by atoms with Crippen molar-refractivity contribution in [2.45, 2.75) is 19.4 Å². The third-order valence-electron chi connectivity index (χ3n) is 3.37. The minimum atomic E-state index is 0.0716. The number of hydrogen-bond acceptors (Lipinski definition) is 4. The lowest BCUT2D eigenvalue weighted by atomic mass is 9.94. The maximum atomic E-state index is 11.6. The minimum absolute atomic E-state index is 0.0716. The van der Waals surface area contributed by atoms with E-state index in [4.69, 9.17) is 4.74 Å². The number of nitrogens with zero attached hydrogens (tertiary/aromatic N) is 1. The van der Waals surface area contributed by atoms with Crippen molar-refractivity contribution < 1.29 is 9.53 Å². The van der Waals surface area contributed by atoms with Gasteiger partial charge in [-0.3, -0.25) is 9.69 Å². The highest BCUT2D eigenvalue weighted by Gasteiger charge is 2.25. The molecule has 0 spiro atoms. The third kappa shape index (κ3) is 5.02. The third-order valence-corrected chi connectivity index (χ3v) is 3.37. The number of carbonyl (C=O) groups excluding carboxylic acids is 1. The SMILES string of the molecule is COCCNC(=O)CN(C)C1CNCCC1C. The molecule has 1 aliphatic rings. The Morgan fingerprint density at radius 1 is 1.59 bits per heavy atom. The number of ether oxygens (including phenoxy) is 1. The van der Waals surface area contributed by atoms with Crippen molar-refractivity contribution in [3.8, 4) is 0 Å². The Morgan fingerprint density at radius 3 is 3.00 bits per heavy atom. The van der Waals surface area contributed by atoms with Crippen molar-refractivity contribution in [2.75, 3.05) is 46.9 Å². The van der Waals surface area contributed by atoms with Crippen LogP contribution in [-0.2, 0) is 9.53 Å². The van der Waals surface area contributed by atoms with Crippen LogP contribution in [0.25, 0.3) is 0 Å². The molecule has 2 unspecified atom stereocenters. The van der Waals surface area contributed by atoms with E-state index in [-0.39, 0.29) is 5.91 Å². The van der Waals surface area contributed by atoms with E-state index in [1.807, 2.05) is 7.05 Å². The van der Waals surface area contributed by atoms with Gasteiger partial charge >= 0.3 is 0 Å². The Hall–Kier alpha value is -0.650. The lowest BCUT2D eigenvalue weighted by Crippen LogP contribution is -2.51. The first kappa shape index (κ1) is 14.4. The number of carbonyl (C=O) groups is 1. The van der Waals surface area contributed by atoms with E-state index in [0.29, 0.717) is 31.7 Å². The maximum Gasteiger partial charge on any atom is 0.234 e. The average Bonchev–Trinajstić information content (AvgIpc) is 2.29. The van der Waals surface area contributed by atoms with Crippen molar-refractivity contribution >= 4 is 5.91 Å². The molecule has 0 radical (unpaired) electrons. The van der Waals surface area contributed by atoms with Crippen LogP contribution in [-0.4, -0.2) is 63.8 Å². The van der Waals surface area contributed by atoms with Gasteiger partial charge in [0.2, 0.25) is 5.91 Å². The van der Waals surface area contributed by atoms with E-state index >= 15 is 0 Å². The lowest BCUT2D eigenvalue weighted by Gasteiger charge is -2.36. The Balaban J connectivity index is 2.26. The monoisotopic (exact) mass is 243 g/mol. The summed E-state index contributed by atoms with van der Waals surface area (Å²) in [4.78, 5) is 13.8. The van der Waals surface area contributed by atoms with Crippen LogP contribution in [0.1, 0.15) is 13.3 Å². The molecule has 0 aromatic rings. The molecule has 17 heavy (non-hydrogen) atoms. The molecule has 0 aromatic heterocycles. The van der Waals surface area contributed by atoms with Gasteiger partial charge in [-0.25, -0.2) is 0 Å². The van der Waals surface area contributed by atoms with Gasteiger partial charge < -0.3 is 15.4 Å². The number of piperidine rings is 1. The standard InChI is InChI=1S/C12H25N3O2/c1-10-4-5-13-8-11(10)15(2)9-12(16)14-6-7-17-3/h10-11,13H,4-9H2,1-3H3,(H,14,16). The summed E-state index contributed by atoms with van der Waals surface area (Å²) in [7, 11) is 3.65. The van der Waals surface area contributed by atoms with Gasteiger partial charge in [-0.05, 0) is 25.9 Å². The second-order valence-electron chi connectivity index (χ2n) is 4.80. The second-order valence-corrected chi connectivity index (χ2v) is 4.80. The average molecular weight is 243 g/mol. The summed E-state index contributed by atoms with van der Waals surface area (Å²) in [5.41, 5.74) is 0. The van der Waals surface area contributed by atoms with Crippen LogP contribution >= 0.6 is 0 Å².